The number of hydrogen-bond donors (Lipinski definition) is 1. The third-order valence-corrected chi connectivity index (χ3v) is 5.18. The molecule has 1 heterocycles. The normalized spacial score (nSPS) is 10.6. The van der Waals surface area contributed by atoms with Crippen LogP contribution in [0, 0.1) is 24.0 Å². The lowest BCUT2D eigenvalue weighted by Gasteiger charge is -2.18. The van der Waals surface area contributed by atoms with Gasteiger partial charge in [0, 0.05) is 25.3 Å². The fourth-order valence-corrected chi connectivity index (χ4v) is 3.65. The van der Waals surface area contributed by atoms with E-state index >= 15 is 0 Å². The van der Waals surface area contributed by atoms with Crippen molar-refractivity contribution in [1.82, 2.24) is 10.3 Å². The predicted octanol–water partition coefficient (Wildman–Crippen LogP) is 4.01. The van der Waals surface area contributed by atoms with Gasteiger partial charge in [-0.2, -0.15) is 0 Å². The molecular formula is C25H25N3O6. The zero-order valence-electron chi connectivity index (χ0n) is 19.2. The van der Waals surface area contributed by atoms with Crippen LogP contribution in [-0.4, -0.2) is 42.1 Å². The number of methoxy groups -OCH3 is 1. The number of aromatic nitrogens is 1. The highest BCUT2D eigenvalue weighted by Gasteiger charge is 2.30. The molecule has 2 aromatic carbocycles. The maximum atomic E-state index is 13.4. The second-order valence-corrected chi connectivity index (χ2v) is 7.48. The number of amides is 1. The minimum absolute atomic E-state index is 0.000800. The number of aryl methyl sites for hydroxylation is 2. The van der Waals surface area contributed by atoms with Gasteiger partial charge in [-0.1, -0.05) is 42.5 Å². The first-order chi connectivity index (χ1) is 16.3. The van der Waals surface area contributed by atoms with Gasteiger partial charge in [-0.25, -0.2) is 4.79 Å². The van der Waals surface area contributed by atoms with Gasteiger partial charge in [-0.05, 0) is 25.5 Å². The molecule has 0 saturated carbocycles. The van der Waals surface area contributed by atoms with Crippen LogP contribution in [0.15, 0.2) is 54.6 Å². The molecule has 0 atom stereocenters. The van der Waals surface area contributed by atoms with Crippen molar-refractivity contribution in [2.45, 2.75) is 20.4 Å². The Hall–Kier alpha value is -4.11. The fourth-order valence-electron chi connectivity index (χ4n) is 3.65. The topological polar surface area (TPSA) is 121 Å². The Morgan fingerprint density at radius 3 is 2.29 bits per heavy atom. The number of carbonyl (C=O) groups is 2. The summed E-state index contributed by atoms with van der Waals surface area (Å²) in [5.74, 6) is -1.25. The van der Waals surface area contributed by atoms with Crippen LogP contribution in [0.1, 0.15) is 37.7 Å². The lowest BCUT2D eigenvalue weighted by Crippen LogP contribution is -2.26. The molecule has 0 unspecified atom stereocenters. The highest BCUT2D eigenvalue weighted by atomic mass is 16.6. The number of pyridine rings is 1. The van der Waals surface area contributed by atoms with Crippen molar-refractivity contribution in [3.8, 4) is 11.1 Å². The highest BCUT2D eigenvalue weighted by molar-refractivity contribution is 6.09. The Balaban J connectivity index is 2.18. The number of rotatable bonds is 9. The zero-order valence-corrected chi connectivity index (χ0v) is 19.2. The fraction of sp³-hybridized carbons (Fsp3) is 0.240. The van der Waals surface area contributed by atoms with E-state index in [-0.39, 0.29) is 47.7 Å². The number of para-hydroxylation sites is 1. The summed E-state index contributed by atoms with van der Waals surface area (Å²) >= 11 is 0. The molecule has 34 heavy (non-hydrogen) atoms. The van der Waals surface area contributed by atoms with Gasteiger partial charge in [-0.15, -0.1) is 0 Å². The number of esters is 1. The molecule has 176 valence electrons. The van der Waals surface area contributed by atoms with E-state index in [4.69, 9.17) is 9.47 Å². The van der Waals surface area contributed by atoms with Gasteiger partial charge in [0.25, 0.3) is 11.6 Å². The van der Waals surface area contributed by atoms with Gasteiger partial charge in [0.2, 0.25) is 0 Å². The van der Waals surface area contributed by atoms with Gasteiger partial charge in [-0.3, -0.25) is 19.9 Å². The number of nitro groups is 1. The lowest BCUT2D eigenvalue weighted by molar-refractivity contribution is -0.384. The molecule has 0 radical (unpaired) electrons. The first-order valence-electron chi connectivity index (χ1n) is 10.6. The number of nitrogens with one attached hydrogen (secondary N) is 1. The van der Waals surface area contributed by atoms with Crippen molar-refractivity contribution >= 4 is 17.6 Å². The van der Waals surface area contributed by atoms with E-state index in [1.807, 2.05) is 30.3 Å². The summed E-state index contributed by atoms with van der Waals surface area (Å²) in [5, 5.41) is 14.6. The van der Waals surface area contributed by atoms with Crippen molar-refractivity contribution in [3.05, 3.63) is 92.8 Å². The van der Waals surface area contributed by atoms with E-state index < -0.39 is 16.8 Å². The van der Waals surface area contributed by atoms with Crippen LogP contribution in [0.5, 0.6) is 0 Å². The Bertz CT molecular complexity index is 1210. The summed E-state index contributed by atoms with van der Waals surface area (Å²) in [5.41, 5.74) is 1.60. The first-order valence-corrected chi connectivity index (χ1v) is 10.6. The summed E-state index contributed by atoms with van der Waals surface area (Å²) in [7, 11) is 1.47. The van der Waals surface area contributed by atoms with Gasteiger partial charge in [0.1, 0.15) is 6.61 Å². The lowest BCUT2D eigenvalue weighted by atomic mass is 9.91. The van der Waals surface area contributed by atoms with Crippen LogP contribution >= 0.6 is 0 Å². The van der Waals surface area contributed by atoms with E-state index in [0.717, 1.165) is 5.56 Å². The number of ether oxygens (including phenoxy) is 2. The summed E-state index contributed by atoms with van der Waals surface area (Å²) in [6.45, 7) is 3.62. The third-order valence-electron chi connectivity index (χ3n) is 5.18. The quantitative estimate of drug-likeness (QED) is 0.220. The summed E-state index contributed by atoms with van der Waals surface area (Å²) < 4.78 is 10.2. The van der Waals surface area contributed by atoms with Crippen molar-refractivity contribution < 1.29 is 24.0 Å². The SMILES string of the molecule is COCCOC(=O)c1c(C)nc(C)c(C(=O)NCc2ccccc2)c1-c1ccccc1[N+](=O)[O-]. The minimum atomic E-state index is -0.743. The minimum Gasteiger partial charge on any atom is -0.460 e. The van der Waals surface area contributed by atoms with Crippen molar-refractivity contribution in [2.75, 3.05) is 20.3 Å². The van der Waals surface area contributed by atoms with Crippen LogP contribution in [0.4, 0.5) is 5.69 Å². The third kappa shape index (κ3) is 5.44. The average molecular weight is 463 g/mol. The molecule has 0 fully saturated rings. The highest BCUT2D eigenvalue weighted by Crippen LogP contribution is 2.37. The van der Waals surface area contributed by atoms with E-state index in [1.54, 1.807) is 19.9 Å². The van der Waals surface area contributed by atoms with E-state index in [0.29, 0.717) is 11.4 Å². The van der Waals surface area contributed by atoms with E-state index in [9.17, 15) is 19.7 Å². The molecular weight excluding hydrogens is 438 g/mol. The average Bonchev–Trinajstić information content (AvgIpc) is 2.82. The zero-order chi connectivity index (χ0) is 24.7. The van der Waals surface area contributed by atoms with Crippen molar-refractivity contribution in [2.24, 2.45) is 0 Å². The number of hydrogen-bond acceptors (Lipinski definition) is 7. The molecule has 3 rings (SSSR count). The van der Waals surface area contributed by atoms with Crippen LogP contribution in [0.2, 0.25) is 0 Å². The van der Waals surface area contributed by atoms with Gasteiger partial charge >= 0.3 is 5.97 Å². The molecule has 3 aromatic rings. The molecule has 0 aliphatic carbocycles. The summed E-state index contributed by atoms with van der Waals surface area (Å²) in [6.07, 6.45) is 0. The molecule has 1 aromatic heterocycles. The molecule has 0 spiro atoms. The second-order valence-electron chi connectivity index (χ2n) is 7.48. The Morgan fingerprint density at radius 1 is 0.971 bits per heavy atom. The monoisotopic (exact) mass is 463 g/mol. The van der Waals surface area contributed by atoms with Crippen LogP contribution in [0.25, 0.3) is 11.1 Å². The Morgan fingerprint density at radius 2 is 1.62 bits per heavy atom. The second kappa shape index (κ2) is 11.2. The Kier molecular flexibility index (Phi) is 8.05. The summed E-state index contributed by atoms with van der Waals surface area (Å²) in [4.78, 5) is 42.1. The molecule has 1 amide bonds. The van der Waals surface area contributed by atoms with Crippen molar-refractivity contribution in [1.29, 1.82) is 0 Å². The molecule has 0 saturated heterocycles. The number of carbonyl (C=O) groups excluding carboxylic acids is 2. The smallest absolute Gasteiger partial charge is 0.340 e. The Labute approximate surface area is 196 Å². The molecule has 9 nitrogen and oxygen atoms in total. The molecule has 0 aliphatic heterocycles. The van der Waals surface area contributed by atoms with Crippen LogP contribution < -0.4 is 5.32 Å². The molecule has 9 heteroatoms. The van der Waals surface area contributed by atoms with Crippen LogP contribution in [0.3, 0.4) is 0 Å². The maximum Gasteiger partial charge on any atom is 0.340 e. The van der Waals surface area contributed by atoms with Gasteiger partial charge in [0.15, 0.2) is 0 Å². The summed E-state index contributed by atoms with van der Waals surface area (Å²) in [6, 6.07) is 15.3. The largest absolute Gasteiger partial charge is 0.460 e. The predicted molar refractivity (Wildman–Crippen MR) is 126 cm³/mol. The number of nitro benzene ring substituents is 1. The molecule has 0 aliphatic rings. The first kappa shape index (κ1) is 24.5. The van der Waals surface area contributed by atoms with Gasteiger partial charge < -0.3 is 14.8 Å². The molecule has 0 bridgehead atoms. The van der Waals surface area contributed by atoms with Crippen LogP contribution in [-0.2, 0) is 16.0 Å². The number of nitrogens with zero attached hydrogens (tertiary/aromatic N) is 2. The molecule has 1 N–H and O–H groups in total. The van der Waals surface area contributed by atoms with E-state index in [2.05, 4.69) is 10.3 Å². The standard InChI is InChI=1S/C25H25N3O6/c1-16-21(24(29)26-15-18-9-5-4-6-10-18)23(19-11-7-8-12-20(19)28(31)32)22(17(2)27-16)25(30)34-14-13-33-3/h4-12H,13-15H2,1-3H3,(H,26,29). The number of benzene rings is 2. The van der Waals surface area contributed by atoms with Gasteiger partial charge in [0.05, 0.1) is 39.6 Å². The van der Waals surface area contributed by atoms with E-state index in [1.165, 1.54) is 25.3 Å². The maximum absolute atomic E-state index is 13.4. The van der Waals surface area contributed by atoms with Crippen molar-refractivity contribution in [3.63, 3.8) is 0 Å².